The van der Waals surface area contributed by atoms with Crippen LogP contribution in [0.25, 0.3) is 0 Å². The minimum absolute atomic E-state index is 0.0927. The number of amides is 1. The second kappa shape index (κ2) is 6.75. The quantitative estimate of drug-likeness (QED) is 0.740. The summed E-state index contributed by atoms with van der Waals surface area (Å²) in [6.07, 6.45) is 11.1. The molecule has 0 radical (unpaired) electrons. The zero-order chi connectivity index (χ0) is 17.4. The number of aryl methyl sites for hydroxylation is 2. The number of carbonyl (C=O) groups is 1. The molecule has 1 heterocycles. The molecule has 2 nitrogen and oxygen atoms in total. The zero-order valence-corrected chi connectivity index (χ0v) is 16.3. The maximum atomic E-state index is 13.5. The Kier molecular flexibility index (Phi) is 5.02. The summed E-state index contributed by atoms with van der Waals surface area (Å²) in [7, 11) is -1.60. The zero-order valence-electron chi connectivity index (χ0n) is 15.3. The molecule has 0 bridgehead atoms. The van der Waals surface area contributed by atoms with Gasteiger partial charge in [0.2, 0.25) is 0 Å². The molecule has 24 heavy (non-hydrogen) atoms. The summed E-state index contributed by atoms with van der Waals surface area (Å²) < 4.78 is 13.5. The molecule has 1 aromatic rings. The van der Waals surface area contributed by atoms with Crippen LogP contribution in [0.3, 0.4) is 0 Å². The van der Waals surface area contributed by atoms with Crippen LogP contribution < -0.4 is 5.32 Å². The van der Waals surface area contributed by atoms with Crippen molar-refractivity contribution < 1.29 is 9.18 Å². The Balaban J connectivity index is 1.87. The van der Waals surface area contributed by atoms with Crippen LogP contribution >= 0.6 is 7.26 Å². The molecule has 0 atom stereocenters. The Labute approximate surface area is 145 Å². The SMILES string of the molecule is Cc1cc(F)cc(C)c1NC(=O)C1([PH]2(C)CCCCCC2)CCC1. The molecule has 0 spiro atoms. The molecule has 3 rings (SSSR count). The first-order chi connectivity index (χ1) is 11.4. The van der Waals surface area contributed by atoms with E-state index in [0.717, 1.165) is 29.7 Å². The van der Waals surface area contributed by atoms with Crippen molar-refractivity contribution in [3.8, 4) is 0 Å². The number of rotatable bonds is 3. The van der Waals surface area contributed by atoms with Gasteiger partial charge in [-0.3, -0.25) is 0 Å². The first-order valence-corrected chi connectivity index (χ1v) is 12.4. The van der Waals surface area contributed by atoms with Crippen LogP contribution in [0.4, 0.5) is 10.1 Å². The van der Waals surface area contributed by atoms with E-state index in [1.807, 2.05) is 13.8 Å². The van der Waals surface area contributed by atoms with Gasteiger partial charge in [0, 0.05) is 0 Å². The van der Waals surface area contributed by atoms with E-state index in [2.05, 4.69) is 12.0 Å². The van der Waals surface area contributed by atoms with Crippen LogP contribution in [0.2, 0.25) is 0 Å². The first-order valence-electron chi connectivity index (χ1n) is 9.46. The van der Waals surface area contributed by atoms with Crippen LogP contribution in [0.5, 0.6) is 0 Å². The Hall–Kier alpha value is -0.950. The van der Waals surface area contributed by atoms with Crippen molar-refractivity contribution in [3.63, 3.8) is 0 Å². The van der Waals surface area contributed by atoms with Gasteiger partial charge in [0.15, 0.2) is 0 Å². The van der Waals surface area contributed by atoms with Gasteiger partial charge in [-0.15, -0.1) is 0 Å². The molecule has 1 aromatic carbocycles. The van der Waals surface area contributed by atoms with Crippen molar-refractivity contribution in [2.45, 2.75) is 63.9 Å². The van der Waals surface area contributed by atoms with E-state index < -0.39 is 7.26 Å². The summed E-state index contributed by atoms with van der Waals surface area (Å²) in [5, 5.41) is 3.13. The number of carbonyl (C=O) groups excluding carboxylic acids is 1. The summed E-state index contributed by atoms with van der Waals surface area (Å²) >= 11 is 0. The monoisotopic (exact) mass is 351 g/mol. The van der Waals surface area contributed by atoms with Crippen molar-refractivity contribution in [2.24, 2.45) is 0 Å². The van der Waals surface area contributed by atoms with Gasteiger partial charge in [0.1, 0.15) is 0 Å². The van der Waals surface area contributed by atoms with Gasteiger partial charge in [-0.1, -0.05) is 0 Å². The molecular formula is C20H31FNOP. The molecule has 0 aromatic heterocycles. The van der Waals surface area contributed by atoms with Crippen LogP contribution in [0, 0.1) is 19.7 Å². The van der Waals surface area contributed by atoms with Gasteiger partial charge in [-0.2, -0.15) is 0 Å². The average Bonchev–Trinajstić information content (AvgIpc) is 2.67. The third-order valence-electron chi connectivity index (χ3n) is 6.74. The maximum absolute atomic E-state index is 13.5. The molecule has 1 N–H and O–H groups in total. The number of hydrogen-bond donors (Lipinski definition) is 1. The molecule has 0 unspecified atom stereocenters. The fraction of sp³-hybridized carbons (Fsp3) is 0.650. The van der Waals surface area contributed by atoms with Crippen molar-refractivity contribution in [1.29, 1.82) is 0 Å². The first kappa shape index (κ1) is 17.9. The summed E-state index contributed by atoms with van der Waals surface area (Å²) in [4.78, 5) is 13.4. The van der Waals surface area contributed by atoms with Gasteiger partial charge in [0.25, 0.3) is 0 Å². The van der Waals surface area contributed by atoms with E-state index in [0.29, 0.717) is 0 Å². The van der Waals surface area contributed by atoms with Gasteiger partial charge in [-0.25, -0.2) is 0 Å². The third kappa shape index (κ3) is 3.01. The number of hydrogen-bond acceptors (Lipinski definition) is 1. The van der Waals surface area contributed by atoms with Crippen molar-refractivity contribution in [2.75, 3.05) is 24.3 Å². The predicted molar refractivity (Wildman–Crippen MR) is 104 cm³/mol. The Morgan fingerprint density at radius 3 is 2.04 bits per heavy atom. The minimum atomic E-state index is -1.60. The van der Waals surface area contributed by atoms with E-state index in [-0.39, 0.29) is 16.9 Å². The fourth-order valence-corrected chi connectivity index (χ4v) is 10.4. The summed E-state index contributed by atoms with van der Waals surface area (Å²) in [5.41, 5.74) is 2.46. The molecule has 4 heteroatoms. The topological polar surface area (TPSA) is 29.1 Å². The van der Waals surface area contributed by atoms with E-state index in [1.54, 1.807) is 0 Å². The molecule has 2 aliphatic rings. The van der Waals surface area contributed by atoms with E-state index in [4.69, 9.17) is 0 Å². The number of anilines is 1. The average molecular weight is 351 g/mol. The Morgan fingerprint density at radius 1 is 1.04 bits per heavy atom. The van der Waals surface area contributed by atoms with Gasteiger partial charge < -0.3 is 0 Å². The fourth-order valence-electron chi connectivity index (χ4n) is 4.96. The van der Waals surface area contributed by atoms with Gasteiger partial charge in [0.05, 0.1) is 0 Å². The van der Waals surface area contributed by atoms with Crippen LogP contribution in [0.15, 0.2) is 12.1 Å². The van der Waals surface area contributed by atoms with E-state index in [1.165, 1.54) is 56.6 Å². The van der Waals surface area contributed by atoms with Crippen LogP contribution in [0.1, 0.15) is 56.1 Å². The summed E-state index contributed by atoms with van der Waals surface area (Å²) in [6.45, 7) is 6.23. The van der Waals surface area contributed by atoms with E-state index in [9.17, 15) is 9.18 Å². The number of nitrogens with one attached hydrogen (secondary N) is 1. The molecule has 1 saturated heterocycles. The summed E-state index contributed by atoms with van der Waals surface area (Å²) in [6, 6.07) is 3.03. The predicted octanol–water partition coefficient (Wildman–Crippen LogP) is 5.26. The van der Waals surface area contributed by atoms with Crippen LogP contribution in [-0.2, 0) is 4.79 Å². The second-order valence-corrected chi connectivity index (χ2v) is 13.4. The number of halogens is 1. The molecule has 1 aliphatic heterocycles. The summed E-state index contributed by atoms with van der Waals surface area (Å²) in [5.74, 6) is -0.00548. The van der Waals surface area contributed by atoms with Gasteiger partial charge >= 0.3 is 145 Å². The third-order valence-corrected chi connectivity index (χ3v) is 12.7. The molecule has 1 amide bonds. The van der Waals surface area contributed by atoms with Gasteiger partial charge in [-0.05, 0) is 0 Å². The molecular weight excluding hydrogens is 320 g/mol. The number of benzene rings is 1. The Morgan fingerprint density at radius 2 is 1.58 bits per heavy atom. The van der Waals surface area contributed by atoms with Crippen molar-refractivity contribution in [3.05, 3.63) is 29.1 Å². The standard InChI is InChI=1S/C20H31FNOP/c1-15-13-17(21)14-16(2)18(15)22-19(23)20(9-8-10-20)24(3)11-6-4-5-7-12-24/h13-14,24H,4-12H2,1-3H3,(H,22,23). The van der Waals surface area contributed by atoms with Crippen molar-refractivity contribution in [1.82, 2.24) is 0 Å². The second-order valence-electron chi connectivity index (χ2n) is 8.28. The van der Waals surface area contributed by atoms with Crippen molar-refractivity contribution >= 4 is 18.9 Å². The molecule has 2 fully saturated rings. The normalized spacial score (nSPS) is 23.7. The molecule has 1 aliphatic carbocycles. The van der Waals surface area contributed by atoms with Crippen LogP contribution in [-0.4, -0.2) is 30.1 Å². The molecule has 1 saturated carbocycles. The van der Waals surface area contributed by atoms with E-state index >= 15 is 0 Å². The Bertz CT molecular complexity index is 608. The molecule has 134 valence electrons.